The Morgan fingerprint density at radius 1 is 0.732 bits per heavy atom. The number of amides is 1. The normalized spacial score (nSPS) is 18.4. The van der Waals surface area contributed by atoms with Crippen molar-refractivity contribution in [1.82, 2.24) is 9.78 Å². The van der Waals surface area contributed by atoms with Gasteiger partial charge in [-0.05, 0) is 25.1 Å². The minimum atomic E-state index is -1.62. The Labute approximate surface area is 235 Å². The van der Waals surface area contributed by atoms with Crippen molar-refractivity contribution in [3.05, 3.63) is 142 Å². The molecule has 0 saturated heterocycles. The van der Waals surface area contributed by atoms with Crippen LogP contribution in [0.4, 0.5) is 11.5 Å². The molecule has 196 valence electrons. The summed E-state index contributed by atoms with van der Waals surface area (Å²) in [6.07, 6.45) is 0. The lowest BCUT2D eigenvalue weighted by atomic mass is 9.62. The van der Waals surface area contributed by atoms with Gasteiger partial charge >= 0.3 is 0 Å². The second-order valence-corrected chi connectivity index (χ2v) is 10.5. The van der Waals surface area contributed by atoms with E-state index in [-0.39, 0.29) is 28.4 Å². The number of hydrogen-bond donors (Lipinski definition) is 2. The summed E-state index contributed by atoms with van der Waals surface area (Å²) in [5, 5.41) is 11.4. The summed E-state index contributed by atoms with van der Waals surface area (Å²) in [6.45, 7) is 1.95. The summed E-state index contributed by atoms with van der Waals surface area (Å²) < 4.78 is 1.72. The summed E-state index contributed by atoms with van der Waals surface area (Å²) >= 11 is 0. The number of benzene rings is 4. The van der Waals surface area contributed by atoms with E-state index in [1.807, 2.05) is 85.8 Å². The molecule has 1 aromatic heterocycles. The Balaban J connectivity index is 1.56. The first-order valence-corrected chi connectivity index (χ1v) is 13.4. The molecule has 1 amide bonds. The Morgan fingerprint density at radius 3 is 2.12 bits per heavy atom. The summed E-state index contributed by atoms with van der Waals surface area (Å²) in [5.41, 5.74) is 3.97. The molecule has 1 spiro atoms. The van der Waals surface area contributed by atoms with Crippen LogP contribution in [0.25, 0.3) is 16.9 Å². The molecule has 0 radical (unpaired) electrons. The molecule has 3 aliphatic rings. The molecule has 1 unspecified atom stereocenters. The van der Waals surface area contributed by atoms with Crippen LogP contribution in [-0.2, 0) is 10.2 Å². The highest BCUT2D eigenvalue weighted by Crippen LogP contribution is 2.58. The number of carbonyl (C=O) groups is 3. The van der Waals surface area contributed by atoms with Crippen molar-refractivity contribution in [2.45, 2.75) is 12.3 Å². The first-order valence-electron chi connectivity index (χ1n) is 13.4. The number of fused-ring (bicyclic) bond motifs is 6. The third kappa shape index (κ3) is 2.97. The van der Waals surface area contributed by atoms with Gasteiger partial charge in [0.05, 0.1) is 22.7 Å². The van der Waals surface area contributed by atoms with E-state index in [1.165, 1.54) is 0 Å². The third-order valence-electron chi connectivity index (χ3n) is 8.22. The van der Waals surface area contributed by atoms with E-state index in [1.54, 1.807) is 28.9 Å². The number of para-hydroxylation sites is 1. The predicted molar refractivity (Wildman–Crippen MR) is 155 cm³/mol. The smallest absolute Gasteiger partial charge is 0.244 e. The van der Waals surface area contributed by atoms with Crippen molar-refractivity contribution in [1.29, 1.82) is 0 Å². The van der Waals surface area contributed by atoms with Gasteiger partial charge < -0.3 is 10.6 Å². The van der Waals surface area contributed by atoms with Crippen LogP contribution < -0.4 is 10.6 Å². The molecular formula is C34H22N4O3. The largest absolute Gasteiger partial charge is 0.336 e. The molecule has 41 heavy (non-hydrogen) atoms. The Bertz CT molecular complexity index is 2010. The highest BCUT2D eigenvalue weighted by molar-refractivity contribution is 6.33. The van der Waals surface area contributed by atoms with Gasteiger partial charge in [0.1, 0.15) is 11.2 Å². The minimum Gasteiger partial charge on any atom is -0.336 e. The quantitative estimate of drug-likeness (QED) is 0.297. The van der Waals surface area contributed by atoms with Crippen LogP contribution in [0.3, 0.4) is 0 Å². The van der Waals surface area contributed by atoms with Gasteiger partial charge in [0.15, 0.2) is 5.78 Å². The molecule has 8 rings (SSSR count). The molecule has 7 nitrogen and oxygen atoms in total. The number of aromatic nitrogens is 2. The zero-order valence-electron chi connectivity index (χ0n) is 21.9. The van der Waals surface area contributed by atoms with Crippen molar-refractivity contribution in [3.63, 3.8) is 0 Å². The monoisotopic (exact) mass is 534 g/mol. The van der Waals surface area contributed by atoms with E-state index in [4.69, 9.17) is 5.10 Å². The highest BCUT2D eigenvalue weighted by Gasteiger charge is 2.61. The lowest BCUT2D eigenvalue weighted by molar-refractivity contribution is -0.118. The number of hydrogen-bond acceptors (Lipinski definition) is 5. The first-order chi connectivity index (χ1) is 20.0. The molecule has 7 heteroatoms. The Kier molecular flexibility index (Phi) is 4.68. The molecule has 4 aromatic carbocycles. The maximum Gasteiger partial charge on any atom is 0.244 e. The maximum atomic E-state index is 14.6. The number of allylic oxidation sites excluding steroid dienone is 1. The summed E-state index contributed by atoms with van der Waals surface area (Å²) in [6, 6.07) is 31.6. The van der Waals surface area contributed by atoms with Gasteiger partial charge in [-0.2, -0.15) is 5.10 Å². The predicted octanol–water partition coefficient (Wildman–Crippen LogP) is 5.84. The SMILES string of the molecule is Cc1ccc2c(c1)C1(C(=O)N2)C2=C(Nc3c1c(-c1ccccc1)nn3-c1ccccc1)C(=O)c1ccccc1C2=O. The molecule has 5 aromatic rings. The number of aryl methyl sites for hydroxylation is 1. The lowest BCUT2D eigenvalue weighted by Gasteiger charge is -2.38. The minimum absolute atomic E-state index is 0.0994. The van der Waals surface area contributed by atoms with Gasteiger partial charge in [-0.3, -0.25) is 14.4 Å². The fraction of sp³-hybridized carbons (Fsp3) is 0.0588. The van der Waals surface area contributed by atoms with Gasteiger partial charge in [-0.15, -0.1) is 0 Å². The van der Waals surface area contributed by atoms with Crippen molar-refractivity contribution in [2.24, 2.45) is 0 Å². The zero-order valence-corrected chi connectivity index (χ0v) is 21.9. The van der Waals surface area contributed by atoms with Crippen molar-refractivity contribution >= 4 is 29.0 Å². The summed E-state index contributed by atoms with van der Waals surface area (Å²) in [4.78, 5) is 43.2. The van der Waals surface area contributed by atoms with E-state index in [9.17, 15) is 14.4 Å². The second-order valence-electron chi connectivity index (χ2n) is 10.5. The Hall–Kier alpha value is -5.56. The van der Waals surface area contributed by atoms with E-state index < -0.39 is 11.3 Å². The van der Waals surface area contributed by atoms with Gasteiger partial charge in [0.25, 0.3) is 0 Å². The third-order valence-corrected chi connectivity index (χ3v) is 8.22. The average molecular weight is 535 g/mol. The standard InChI is InChI=1S/C34H22N4O3/c1-19-16-17-25-24(18-19)34(33(41)35-25)26-29(31(40)23-15-9-8-14-22(23)30(26)39)36-32-27(34)28(20-10-4-2-5-11-20)37-38(32)21-12-6-3-7-13-21/h2-18,36H,1H3,(H,35,41). The molecule has 0 bridgehead atoms. The number of carbonyl (C=O) groups excluding carboxylic acids is 3. The fourth-order valence-electron chi connectivity index (χ4n) is 6.45. The van der Waals surface area contributed by atoms with Gasteiger partial charge in [-0.25, -0.2) is 4.68 Å². The van der Waals surface area contributed by atoms with Crippen LogP contribution in [-0.4, -0.2) is 27.3 Å². The average Bonchev–Trinajstić information content (AvgIpc) is 3.52. The highest BCUT2D eigenvalue weighted by atomic mass is 16.2. The lowest BCUT2D eigenvalue weighted by Crippen LogP contribution is -2.47. The second kappa shape index (κ2) is 8.22. The number of ketones is 2. The molecule has 3 heterocycles. The van der Waals surface area contributed by atoms with Gasteiger partial charge in [0, 0.05) is 33.5 Å². The van der Waals surface area contributed by atoms with Crippen LogP contribution in [0.1, 0.15) is 37.4 Å². The first kappa shape index (κ1) is 23.3. The molecule has 1 aliphatic carbocycles. The number of anilines is 2. The maximum absolute atomic E-state index is 14.6. The summed E-state index contributed by atoms with van der Waals surface area (Å²) in [7, 11) is 0. The van der Waals surface area contributed by atoms with Crippen molar-refractivity contribution < 1.29 is 14.4 Å². The molecular weight excluding hydrogens is 512 g/mol. The van der Waals surface area contributed by atoms with Gasteiger partial charge in [0.2, 0.25) is 11.7 Å². The number of nitrogens with zero attached hydrogens (tertiary/aromatic N) is 2. The van der Waals surface area contributed by atoms with Crippen LogP contribution in [0.15, 0.2) is 114 Å². The molecule has 2 aliphatic heterocycles. The molecule has 2 N–H and O–H groups in total. The van der Waals surface area contributed by atoms with Crippen LogP contribution in [0.2, 0.25) is 0 Å². The fourth-order valence-corrected chi connectivity index (χ4v) is 6.45. The summed E-state index contributed by atoms with van der Waals surface area (Å²) in [5.74, 6) is -0.613. The molecule has 0 saturated carbocycles. The van der Waals surface area contributed by atoms with Crippen LogP contribution in [0.5, 0.6) is 0 Å². The molecule has 0 fully saturated rings. The van der Waals surface area contributed by atoms with E-state index >= 15 is 0 Å². The number of rotatable bonds is 2. The van der Waals surface area contributed by atoms with E-state index in [0.717, 1.165) is 16.8 Å². The van der Waals surface area contributed by atoms with Crippen molar-refractivity contribution in [3.8, 4) is 16.9 Å². The number of Topliss-reactive ketones (excluding diaryl/α,β-unsaturated/α-hetero) is 2. The zero-order chi connectivity index (χ0) is 27.9. The van der Waals surface area contributed by atoms with Gasteiger partial charge in [-0.1, -0.05) is 90.5 Å². The van der Waals surface area contributed by atoms with E-state index in [2.05, 4.69) is 10.6 Å². The van der Waals surface area contributed by atoms with Crippen LogP contribution in [0, 0.1) is 6.92 Å². The number of nitrogens with one attached hydrogen (secondary N) is 2. The van der Waals surface area contributed by atoms with E-state index in [0.29, 0.717) is 33.9 Å². The topological polar surface area (TPSA) is 93.1 Å². The Morgan fingerprint density at radius 2 is 1.39 bits per heavy atom. The molecule has 1 atom stereocenters. The van der Waals surface area contributed by atoms with Crippen molar-refractivity contribution in [2.75, 3.05) is 10.6 Å². The van der Waals surface area contributed by atoms with Crippen LogP contribution >= 0.6 is 0 Å².